The van der Waals surface area contributed by atoms with Crippen LogP contribution in [0.3, 0.4) is 0 Å². The van der Waals surface area contributed by atoms with Gasteiger partial charge in [0.25, 0.3) is 0 Å². The van der Waals surface area contributed by atoms with E-state index in [0.717, 1.165) is 28.2 Å². The third-order valence-electron chi connectivity index (χ3n) is 4.46. The quantitative estimate of drug-likeness (QED) is 0.573. The van der Waals surface area contributed by atoms with Crippen LogP contribution in [0.5, 0.6) is 0 Å². The van der Waals surface area contributed by atoms with Crippen molar-refractivity contribution in [3.63, 3.8) is 0 Å². The molecule has 5 nitrogen and oxygen atoms in total. The third kappa shape index (κ3) is 3.17. The molecule has 26 heavy (non-hydrogen) atoms. The second kappa shape index (κ2) is 6.98. The summed E-state index contributed by atoms with van der Waals surface area (Å²) in [6, 6.07) is 20.2. The Morgan fingerprint density at radius 1 is 1.08 bits per heavy atom. The predicted octanol–water partition coefficient (Wildman–Crippen LogP) is 4.06. The molecule has 0 saturated carbocycles. The van der Waals surface area contributed by atoms with Crippen LogP contribution in [-0.2, 0) is 6.61 Å². The summed E-state index contributed by atoms with van der Waals surface area (Å²) in [6.45, 7) is 2.12. The van der Waals surface area contributed by atoms with E-state index in [0.29, 0.717) is 0 Å². The Kier molecular flexibility index (Phi) is 4.37. The molecule has 0 saturated heterocycles. The molecule has 0 aliphatic heterocycles. The molecule has 0 radical (unpaired) electrons. The molecular weight excluding hydrogens is 324 g/mol. The number of aliphatic hydroxyl groups excluding tert-OH is 1. The van der Waals surface area contributed by atoms with Gasteiger partial charge in [-0.05, 0) is 42.3 Å². The van der Waals surface area contributed by atoms with Gasteiger partial charge in [0.05, 0.1) is 24.0 Å². The van der Waals surface area contributed by atoms with E-state index in [9.17, 15) is 5.11 Å². The van der Waals surface area contributed by atoms with E-state index in [-0.39, 0.29) is 12.6 Å². The van der Waals surface area contributed by atoms with Gasteiger partial charge in [0, 0.05) is 17.8 Å². The molecule has 2 N–H and O–H groups in total. The Morgan fingerprint density at radius 2 is 1.92 bits per heavy atom. The maximum atomic E-state index is 9.39. The van der Waals surface area contributed by atoms with E-state index >= 15 is 0 Å². The number of nitrogens with one attached hydrogen (secondary N) is 1. The average Bonchev–Trinajstić information content (AvgIpc) is 3.12. The van der Waals surface area contributed by atoms with Gasteiger partial charge in [-0.25, -0.2) is 9.50 Å². The van der Waals surface area contributed by atoms with Crippen LogP contribution in [0.2, 0.25) is 0 Å². The van der Waals surface area contributed by atoms with Crippen LogP contribution in [0, 0.1) is 0 Å². The number of pyridine rings is 2. The number of hydrogen-bond donors (Lipinski definition) is 2. The van der Waals surface area contributed by atoms with Gasteiger partial charge in [0.2, 0.25) is 0 Å². The minimum absolute atomic E-state index is 0.00470. The second-order valence-corrected chi connectivity index (χ2v) is 6.27. The molecule has 5 heteroatoms. The monoisotopic (exact) mass is 344 g/mol. The van der Waals surface area contributed by atoms with E-state index < -0.39 is 0 Å². The molecule has 1 atom stereocenters. The SMILES string of the molecule is CC(Nc1cccc(-c2cnn3ccc(CO)cc23)n1)c1ccccc1. The highest BCUT2D eigenvalue weighted by Crippen LogP contribution is 2.26. The van der Waals surface area contributed by atoms with Gasteiger partial charge in [0.15, 0.2) is 0 Å². The molecule has 0 bridgehead atoms. The zero-order valence-electron chi connectivity index (χ0n) is 14.5. The number of nitrogens with zero attached hydrogens (tertiary/aromatic N) is 3. The highest BCUT2D eigenvalue weighted by atomic mass is 16.3. The summed E-state index contributed by atoms with van der Waals surface area (Å²) in [5.41, 5.74) is 4.78. The highest BCUT2D eigenvalue weighted by Gasteiger charge is 2.11. The maximum Gasteiger partial charge on any atom is 0.127 e. The predicted molar refractivity (Wildman–Crippen MR) is 103 cm³/mol. The second-order valence-electron chi connectivity index (χ2n) is 6.27. The summed E-state index contributed by atoms with van der Waals surface area (Å²) in [7, 11) is 0. The summed E-state index contributed by atoms with van der Waals surface area (Å²) < 4.78 is 1.79. The Morgan fingerprint density at radius 3 is 2.73 bits per heavy atom. The number of aliphatic hydroxyl groups is 1. The van der Waals surface area contributed by atoms with Gasteiger partial charge < -0.3 is 10.4 Å². The van der Waals surface area contributed by atoms with Gasteiger partial charge in [0.1, 0.15) is 5.82 Å². The van der Waals surface area contributed by atoms with E-state index in [1.165, 1.54) is 5.56 Å². The number of anilines is 1. The largest absolute Gasteiger partial charge is 0.392 e. The molecule has 4 rings (SSSR count). The zero-order chi connectivity index (χ0) is 17.9. The van der Waals surface area contributed by atoms with Crippen molar-refractivity contribution in [2.45, 2.75) is 19.6 Å². The first-order valence-corrected chi connectivity index (χ1v) is 8.60. The molecule has 0 aliphatic rings. The Labute approximate surface area is 152 Å². The number of hydrogen-bond acceptors (Lipinski definition) is 4. The van der Waals surface area contributed by atoms with Crippen LogP contribution in [-0.4, -0.2) is 19.7 Å². The molecule has 0 spiro atoms. The van der Waals surface area contributed by atoms with E-state index in [1.807, 2.05) is 60.9 Å². The molecule has 0 aliphatic carbocycles. The first kappa shape index (κ1) is 16.3. The lowest BCUT2D eigenvalue weighted by Gasteiger charge is -2.15. The van der Waals surface area contributed by atoms with E-state index in [2.05, 4.69) is 29.5 Å². The van der Waals surface area contributed by atoms with Gasteiger partial charge in [-0.3, -0.25) is 0 Å². The normalized spacial score (nSPS) is 12.2. The van der Waals surface area contributed by atoms with Crippen molar-refractivity contribution in [2.75, 3.05) is 5.32 Å². The van der Waals surface area contributed by atoms with Gasteiger partial charge >= 0.3 is 0 Å². The van der Waals surface area contributed by atoms with Gasteiger partial charge in [-0.2, -0.15) is 5.10 Å². The summed E-state index contributed by atoms with van der Waals surface area (Å²) in [4.78, 5) is 4.76. The Bertz CT molecular complexity index is 1030. The Hall–Kier alpha value is -3.18. The lowest BCUT2D eigenvalue weighted by molar-refractivity contribution is 0.282. The van der Waals surface area contributed by atoms with Crippen LogP contribution in [0.25, 0.3) is 16.8 Å². The maximum absolute atomic E-state index is 9.39. The van der Waals surface area contributed by atoms with Gasteiger partial charge in [-0.15, -0.1) is 0 Å². The molecule has 0 amide bonds. The van der Waals surface area contributed by atoms with Gasteiger partial charge in [-0.1, -0.05) is 36.4 Å². The molecule has 1 unspecified atom stereocenters. The van der Waals surface area contributed by atoms with Crippen molar-refractivity contribution in [1.29, 1.82) is 0 Å². The van der Waals surface area contributed by atoms with Crippen LogP contribution in [0.1, 0.15) is 24.1 Å². The van der Waals surface area contributed by atoms with Crippen LogP contribution >= 0.6 is 0 Å². The summed E-state index contributed by atoms with van der Waals surface area (Å²) in [5.74, 6) is 0.816. The first-order valence-electron chi connectivity index (χ1n) is 8.60. The topological polar surface area (TPSA) is 62.5 Å². The average molecular weight is 344 g/mol. The fraction of sp³-hybridized carbons (Fsp3) is 0.143. The van der Waals surface area contributed by atoms with Crippen LogP contribution in [0.15, 0.2) is 73.1 Å². The molecule has 3 heterocycles. The molecular formula is C21H20N4O. The van der Waals surface area contributed by atoms with Crippen molar-refractivity contribution in [2.24, 2.45) is 0 Å². The first-order chi connectivity index (χ1) is 12.7. The minimum atomic E-state index is 0.00470. The lowest BCUT2D eigenvalue weighted by Crippen LogP contribution is -2.07. The fourth-order valence-corrected chi connectivity index (χ4v) is 3.03. The Balaban J connectivity index is 1.66. The van der Waals surface area contributed by atoms with Crippen molar-refractivity contribution in [3.05, 3.63) is 84.2 Å². The number of benzene rings is 1. The molecule has 130 valence electrons. The van der Waals surface area contributed by atoms with E-state index in [1.54, 1.807) is 4.52 Å². The summed E-state index contributed by atoms with van der Waals surface area (Å²) in [6.07, 6.45) is 3.66. The number of fused-ring (bicyclic) bond motifs is 1. The fourth-order valence-electron chi connectivity index (χ4n) is 3.03. The van der Waals surface area contributed by atoms with Crippen molar-refractivity contribution in [3.8, 4) is 11.3 Å². The standard InChI is InChI=1S/C21H20N4O/c1-15(17-6-3-2-4-7-17)23-21-9-5-8-19(24-21)18-13-22-25-11-10-16(14-26)12-20(18)25/h2-13,15,26H,14H2,1H3,(H,23,24). The van der Waals surface area contributed by atoms with E-state index in [4.69, 9.17) is 4.98 Å². The molecule has 3 aromatic heterocycles. The van der Waals surface area contributed by atoms with Crippen LogP contribution in [0.4, 0.5) is 5.82 Å². The molecule has 0 fully saturated rings. The number of aromatic nitrogens is 3. The van der Waals surface area contributed by atoms with Crippen molar-refractivity contribution in [1.82, 2.24) is 14.6 Å². The molecule has 1 aromatic carbocycles. The number of rotatable bonds is 5. The summed E-state index contributed by atoms with van der Waals surface area (Å²) >= 11 is 0. The summed E-state index contributed by atoms with van der Waals surface area (Å²) in [5, 5.41) is 17.2. The van der Waals surface area contributed by atoms with Crippen molar-refractivity contribution >= 4 is 11.3 Å². The minimum Gasteiger partial charge on any atom is -0.392 e. The molecule has 4 aromatic rings. The van der Waals surface area contributed by atoms with Crippen molar-refractivity contribution < 1.29 is 5.11 Å². The lowest BCUT2D eigenvalue weighted by atomic mass is 10.1. The zero-order valence-corrected chi connectivity index (χ0v) is 14.5. The van der Waals surface area contributed by atoms with Crippen LogP contribution < -0.4 is 5.32 Å². The highest BCUT2D eigenvalue weighted by molar-refractivity contribution is 5.78. The third-order valence-corrected chi connectivity index (χ3v) is 4.46. The smallest absolute Gasteiger partial charge is 0.127 e.